The minimum atomic E-state index is -0.428. The number of nitrogens with zero attached hydrogens (tertiary/aromatic N) is 1. The van der Waals surface area contributed by atoms with Gasteiger partial charge in [0, 0.05) is 24.7 Å². The van der Waals surface area contributed by atoms with Gasteiger partial charge < -0.3 is 15.5 Å². The molecule has 1 aliphatic heterocycles. The van der Waals surface area contributed by atoms with E-state index in [1.54, 1.807) is 4.90 Å². The Morgan fingerprint density at radius 1 is 1.48 bits per heavy atom. The summed E-state index contributed by atoms with van der Waals surface area (Å²) in [6.45, 7) is 3.68. The Morgan fingerprint density at radius 3 is 2.86 bits per heavy atom. The van der Waals surface area contributed by atoms with Crippen molar-refractivity contribution in [1.82, 2.24) is 15.5 Å². The molecule has 0 radical (unpaired) electrons. The van der Waals surface area contributed by atoms with Crippen molar-refractivity contribution < 1.29 is 9.59 Å². The molecule has 1 atom stereocenters. The van der Waals surface area contributed by atoms with Crippen molar-refractivity contribution in [3.05, 3.63) is 34.9 Å². The second-order valence-corrected chi connectivity index (χ2v) is 5.50. The molecule has 0 aliphatic carbocycles. The van der Waals surface area contributed by atoms with Gasteiger partial charge in [-0.3, -0.25) is 4.79 Å². The molecule has 6 heteroatoms. The van der Waals surface area contributed by atoms with Crippen LogP contribution in [0.1, 0.15) is 25.3 Å². The molecule has 1 saturated heterocycles. The van der Waals surface area contributed by atoms with E-state index in [9.17, 15) is 9.59 Å². The van der Waals surface area contributed by atoms with Gasteiger partial charge in [-0.25, -0.2) is 4.79 Å². The van der Waals surface area contributed by atoms with Crippen LogP contribution in [0.25, 0.3) is 0 Å². The van der Waals surface area contributed by atoms with Crippen LogP contribution in [0.15, 0.2) is 24.3 Å². The highest BCUT2D eigenvalue weighted by atomic mass is 35.5. The first-order chi connectivity index (χ1) is 10.1. The van der Waals surface area contributed by atoms with E-state index in [1.807, 2.05) is 31.2 Å². The van der Waals surface area contributed by atoms with Gasteiger partial charge in [0.1, 0.15) is 6.04 Å². The van der Waals surface area contributed by atoms with Crippen molar-refractivity contribution in [2.45, 2.75) is 32.4 Å². The van der Waals surface area contributed by atoms with Crippen LogP contribution in [0, 0.1) is 0 Å². The zero-order valence-corrected chi connectivity index (χ0v) is 12.8. The maximum absolute atomic E-state index is 12.3. The van der Waals surface area contributed by atoms with Crippen molar-refractivity contribution in [2.24, 2.45) is 0 Å². The standard InChI is InChI=1S/C15H20ClN3O2/c1-2-9-19(10-11-5-3-4-6-12(11)16)15(21)18-13-7-8-17-14(13)20/h3-6,13H,2,7-10H2,1H3,(H,17,20)(H,18,21)/t13-/m1/s1. The van der Waals surface area contributed by atoms with Crippen molar-refractivity contribution in [2.75, 3.05) is 13.1 Å². The molecule has 0 saturated carbocycles. The molecule has 1 aromatic carbocycles. The summed E-state index contributed by atoms with van der Waals surface area (Å²) in [5.74, 6) is -0.113. The molecule has 3 amide bonds. The topological polar surface area (TPSA) is 61.4 Å². The summed E-state index contributed by atoms with van der Waals surface area (Å²) in [5.41, 5.74) is 0.902. The monoisotopic (exact) mass is 309 g/mol. The fourth-order valence-corrected chi connectivity index (χ4v) is 2.52. The first kappa shape index (κ1) is 15.6. The molecule has 0 unspecified atom stereocenters. The lowest BCUT2D eigenvalue weighted by Gasteiger charge is -2.24. The molecule has 0 aromatic heterocycles. The number of rotatable bonds is 5. The molecule has 114 valence electrons. The fraction of sp³-hybridized carbons (Fsp3) is 0.467. The van der Waals surface area contributed by atoms with Gasteiger partial charge in [0.15, 0.2) is 0 Å². The van der Waals surface area contributed by atoms with E-state index in [-0.39, 0.29) is 11.9 Å². The molecular weight excluding hydrogens is 290 g/mol. The minimum Gasteiger partial charge on any atom is -0.354 e. The third-order valence-electron chi connectivity index (χ3n) is 3.45. The maximum atomic E-state index is 12.3. The van der Waals surface area contributed by atoms with E-state index in [0.29, 0.717) is 31.1 Å². The zero-order valence-electron chi connectivity index (χ0n) is 12.1. The molecule has 2 N–H and O–H groups in total. The molecule has 1 aliphatic rings. The number of carbonyl (C=O) groups excluding carboxylic acids is 2. The average molecular weight is 310 g/mol. The summed E-state index contributed by atoms with van der Waals surface area (Å²) in [6, 6.07) is 6.82. The summed E-state index contributed by atoms with van der Waals surface area (Å²) >= 11 is 6.14. The fourth-order valence-electron chi connectivity index (χ4n) is 2.33. The highest BCUT2D eigenvalue weighted by Crippen LogP contribution is 2.17. The molecule has 5 nitrogen and oxygen atoms in total. The quantitative estimate of drug-likeness (QED) is 0.875. The van der Waals surface area contributed by atoms with Gasteiger partial charge in [-0.2, -0.15) is 0 Å². The van der Waals surface area contributed by atoms with Gasteiger partial charge in [-0.15, -0.1) is 0 Å². The third-order valence-corrected chi connectivity index (χ3v) is 3.81. The van der Waals surface area contributed by atoms with Crippen LogP contribution in [0.4, 0.5) is 4.79 Å². The molecule has 2 rings (SSSR count). The number of amides is 3. The number of urea groups is 1. The smallest absolute Gasteiger partial charge is 0.318 e. The van der Waals surface area contributed by atoms with E-state index in [1.165, 1.54) is 0 Å². The van der Waals surface area contributed by atoms with Gasteiger partial charge in [-0.05, 0) is 24.5 Å². The normalized spacial score (nSPS) is 17.4. The molecular formula is C15H20ClN3O2. The van der Waals surface area contributed by atoms with Gasteiger partial charge in [0.25, 0.3) is 0 Å². The Hall–Kier alpha value is -1.75. The van der Waals surface area contributed by atoms with Crippen LogP contribution in [0.2, 0.25) is 5.02 Å². The van der Waals surface area contributed by atoms with Crippen molar-refractivity contribution >= 4 is 23.5 Å². The van der Waals surface area contributed by atoms with E-state index in [0.717, 1.165) is 12.0 Å². The number of hydrogen-bond acceptors (Lipinski definition) is 2. The summed E-state index contributed by atoms with van der Waals surface area (Å²) in [4.78, 5) is 25.6. The molecule has 1 fully saturated rings. The second-order valence-electron chi connectivity index (χ2n) is 5.09. The van der Waals surface area contributed by atoms with Crippen LogP contribution >= 0.6 is 11.6 Å². The SMILES string of the molecule is CCCN(Cc1ccccc1Cl)C(=O)N[C@@H]1CCNC1=O. The van der Waals surface area contributed by atoms with Gasteiger partial charge >= 0.3 is 6.03 Å². The lowest BCUT2D eigenvalue weighted by atomic mass is 10.2. The largest absolute Gasteiger partial charge is 0.354 e. The van der Waals surface area contributed by atoms with E-state index < -0.39 is 6.04 Å². The molecule has 1 aromatic rings. The molecule has 0 bridgehead atoms. The maximum Gasteiger partial charge on any atom is 0.318 e. The summed E-state index contributed by atoms with van der Waals surface area (Å²) in [7, 11) is 0. The first-order valence-corrected chi connectivity index (χ1v) is 7.56. The van der Waals surface area contributed by atoms with Crippen LogP contribution in [-0.2, 0) is 11.3 Å². The highest BCUT2D eigenvalue weighted by Gasteiger charge is 2.27. The van der Waals surface area contributed by atoms with Gasteiger partial charge in [0.2, 0.25) is 5.91 Å². The Balaban J connectivity index is 2.02. The summed E-state index contributed by atoms with van der Waals surface area (Å²) < 4.78 is 0. The minimum absolute atomic E-state index is 0.113. The van der Waals surface area contributed by atoms with E-state index in [4.69, 9.17) is 11.6 Å². The lowest BCUT2D eigenvalue weighted by Crippen LogP contribution is -2.47. The van der Waals surface area contributed by atoms with Crippen LogP contribution in [-0.4, -0.2) is 36.0 Å². The summed E-state index contributed by atoms with van der Waals surface area (Å²) in [5, 5.41) is 6.14. The second kappa shape index (κ2) is 7.31. The lowest BCUT2D eigenvalue weighted by molar-refractivity contribution is -0.120. The number of nitrogens with one attached hydrogen (secondary N) is 2. The predicted molar refractivity (Wildman–Crippen MR) is 82.1 cm³/mol. The number of benzene rings is 1. The predicted octanol–water partition coefficient (Wildman–Crippen LogP) is 2.15. The van der Waals surface area contributed by atoms with E-state index in [2.05, 4.69) is 10.6 Å². The Kier molecular flexibility index (Phi) is 5.44. The highest BCUT2D eigenvalue weighted by molar-refractivity contribution is 6.31. The van der Waals surface area contributed by atoms with Crippen LogP contribution < -0.4 is 10.6 Å². The average Bonchev–Trinajstić information content (AvgIpc) is 2.86. The van der Waals surface area contributed by atoms with Crippen LogP contribution in [0.5, 0.6) is 0 Å². The number of halogens is 1. The van der Waals surface area contributed by atoms with Crippen LogP contribution in [0.3, 0.4) is 0 Å². The summed E-state index contributed by atoms with van der Waals surface area (Å²) in [6.07, 6.45) is 1.48. The first-order valence-electron chi connectivity index (χ1n) is 7.18. The third kappa shape index (κ3) is 4.11. The van der Waals surface area contributed by atoms with Gasteiger partial charge in [0.05, 0.1) is 0 Å². The van der Waals surface area contributed by atoms with Crippen molar-refractivity contribution in [3.8, 4) is 0 Å². The Bertz CT molecular complexity index is 521. The number of hydrogen-bond donors (Lipinski definition) is 2. The van der Waals surface area contributed by atoms with Gasteiger partial charge in [-0.1, -0.05) is 36.7 Å². The van der Waals surface area contributed by atoms with E-state index >= 15 is 0 Å². The Labute approximate surface area is 129 Å². The van der Waals surface area contributed by atoms with Crippen molar-refractivity contribution in [3.63, 3.8) is 0 Å². The Morgan fingerprint density at radius 2 is 2.24 bits per heavy atom. The van der Waals surface area contributed by atoms with Crippen molar-refractivity contribution in [1.29, 1.82) is 0 Å². The number of carbonyl (C=O) groups is 2. The molecule has 21 heavy (non-hydrogen) atoms. The molecule has 1 heterocycles. The zero-order chi connectivity index (χ0) is 15.2. The molecule has 0 spiro atoms.